The molecule has 0 fully saturated rings. The van der Waals surface area contributed by atoms with Crippen LogP contribution in [0, 0.1) is 0 Å². The van der Waals surface area contributed by atoms with E-state index in [9.17, 15) is 4.79 Å². The predicted octanol–water partition coefficient (Wildman–Crippen LogP) is 5.07. The Bertz CT molecular complexity index is 739. The molecule has 0 saturated carbocycles. The summed E-state index contributed by atoms with van der Waals surface area (Å²) in [5.41, 5.74) is 1.55. The van der Waals surface area contributed by atoms with Gasteiger partial charge in [0.1, 0.15) is 6.61 Å². The molecule has 2 rings (SSSR count). The normalized spacial score (nSPS) is 10.8. The zero-order chi connectivity index (χ0) is 17.5. The van der Waals surface area contributed by atoms with Crippen molar-refractivity contribution in [3.8, 4) is 11.5 Å². The number of hydrogen-bond acceptors (Lipinski definition) is 3. The van der Waals surface area contributed by atoms with Crippen LogP contribution in [0.5, 0.6) is 11.5 Å². The second-order valence-electron chi connectivity index (χ2n) is 4.85. The first-order valence-corrected chi connectivity index (χ1v) is 7.99. The molecule has 0 aliphatic carbocycles. The van der Waals surface area contributed by atoms with Crippen molar-refractivity contribution in [2.75, 3.05) is 6.61 Å². The van der Waals surface area contributed by atoms with Crippen molar-refractivity contribution < 1.29 is 19.4 Å². The molecule has 0 saturated heterocycles. The number of hydrogen-bond donors (Lipinski definition) is 1. The van der Waals surface area contributed by atoms with Gasteiger partial charge in [-0.25, -0.2) is 4.79 Å². The van der Waals surface area contributed by atoms with E-state index in [0.29, 0.717) is 40.3 Å². The second kappa shape index (κ2) is 8.62. The molecule has 0 amide bonds. The fourth-order valence-corrected chi connectivity index (χ4v) is 2.39. The van der Waals surface area contributed by atoms with Crippen molar-refractivity contribution in [2.24, 2.45) is 0 Å². The maximum atomic E-state index is 10.6. The van der Waals surface area contributed by atoms with Crippen molar-refractivity contribution in [3.05, 3.63) is 63.6 Å². The van der Waals surface area contributed by atoms with Gasteiger partial charge in [0.25, 0.3) is 0 Å². The molecule has 0 aliphatic heterocycles. The highest BCUT2D eigenvalue weighted by Crippen LogP contribution is 2.37. The molecule has 0 radical (unpaired) electrons. The summed E-state index contributed by atoms with van der Waals surface area (Å²) in [6.07, 6.45) is 2.48. The molecule has 4 nitrogen and oxygen atoms in total. The summed E-state index contributed by atoms with van der Waals surface area (Å²) < 4.78 is 11.3. The number of benzene rings is 2. The van der Waals surface area contributed by atoms with E-state index in [2.05, 4.69) is 0 Å². The van der Waals surface area contributed by atoms with Gasteiger partial charge in [0, 0.05) is 11.1 Å². The van der Waals surface area contributed by atoms with Gasteiger partial charge in [-0.1, -0.05) is 35.3 Å². The first-order chi connectivity index (χ1) is 11.5. The quantitative estimate of drug-likeness (QED) is 0.695. The average Bonchev–Trinajstić information content (AvgIpc) is 2.54. The van der Waals surface area contributed by atoms with E-state index in [4.69, 9.17) is 37.8 Å². The minimum Gasteiger partial charge on any atom is -0.490 e. The van der Waals surface area contributed by atoms with Crippen LogP contribution < -0.4 is 9.47 Å². The predicted molar refractivity (Wildman–Crippen MR) is 95.1 cm³/mol. The summed E-state index contributed by atoms with van der Waals surface area (Å²) >= 11 is 12.1. The number of ether oxygens (including phenoxy) is 2. The van der Waals surface area contributed by atoms with E-state index < -0.39 is 5.97 Å². The molecule has 0 unspecified atom stereocenters. The highest BCUT2D eigenvalue weighted by atomic mass is 35.5. The summed E-state index contributed by atoms with van der Waals surface area (Å²) in [7, 11) is 0. The molecule has 0 aromatic heterocycles. The smallest absolute Gasteiger partial charge is 0.328 e. The third-order valence-electron chi connectivity index (χ3n) is 3.05. The van der Waals surface area contributed by atoms with Gasteiger partial charge in [0.2, 0.25) is 0 Å². The fourth-order valence-electron chi connectivity index (χ4n) is 1.99. The van der Waals surface area contributed by atoms with Gasteiger partial charge in [-0.3, -0.25) is 0 Å². The lowest BCUT2D eigenvalue weighted by atomic mass is 10.2. The standard InChI is InChI=1S/C18H16Cl2O4/c1-2-23-16-10-13(5-8-17(21)22)9-15(20)18(16)24-11-12-3-6-14(19)7-4-12/h3-10H,2,11H2,1H3,(H,21,22)/b8-5+. The van der Waals surface area contributed by atoms with Gasteiger partial charge in [-0.05, 0) is 48.4 Å². The van der Waals surface area contributed by atoms with E-state index in [1.165, 1.54) is 6.08 Å². The van der Waals surface area contributed by atoms with Crippen LogP contribution in [-0.2, 0) is 11.4 Å². The summed E-state index contributed by atoms with van der Waals surface area (Å²) in [4.78, 5) is 10.6. The van der Waals surface area contributed by atoms with Crippen LogP contribution in [0.1, 0.15) is 18.1 Å². The summed E-state index contributed by atoms with van der Waals surface area (Å²) in [5, 5.41) is 9.72. The molecule has 0 aliphatic rings. The number of carbonyl (C=O) groups is 1. The van der Waals surface area contributed by atoms with Crippen molar-refractivity contribution >= 4 is 35.2 Å². The summed E-state index contributed by atoms with van der Waals surface area (Å²) in [6, 6.07) is 10.6. The Morgan fingerprint density at radius 3 is 2.50 bits per heavy atom. The third-order valence-corrected chi connectivity index (χ3v) is 3.58. The molecule has 2 aromatic rings. The molecule has 6 heteroatoms. The Morgan fingerprint density at radius 2 is 1.88 bits per heavy atom. The zero-order valence-electron chi connectivity index (χ0n) is 13.0. The summed E-state index contributed by atoms with van der Waals surface area (Å²) in [6.45, 7) is 2.58. The average molecular weight is 367 g/mol. The Balaban J connectivity index is 2.23. The van der Waals surface area contributed by atoms with Gasteiger partial charge in [0.05, 0.1) is 11.6 Å². The highest BCUT2D eigenvalue weighted by Gasteiger charge is 2.12. The van der Waals surface area contributed by atoms with E-state index >= 15 is 0 Å². The van der Waals surface area contributed by atoms with Crippen LogP contribution in [0.25, 0.3) is 6.08 Å². The van der Waals surface area contributed by atoms with Crippen LogP contribution in [0.3, 0.4) is 0 Å². The lowest BCUT2D eigenvalue weighted by molar-refractivity contribution is -0.131. The van der Waals surface area contributed by atoms with Crippen LogP contribution >= 0.6 is 23.2 Å². The molecule has 2 aromatic carbocycles. The van der Waals surface area contributed by atoms with Gasteiger partial charge < -0.3 is 14.6 Å². The molecule has 126 valence electrons. The van der Waals surface area contributed by atoms with Crippen LogP contribution in [0.2, 0.25) is 10.0 Å². The Kier molecular flexibility index (Phi) is 6.53. The van der Waals surface area contributed by atoms with E-state index in [1.807, 2.05) is 19.1 Å². The molecular formula is C18H16Cl2O4. The maximum Gasteiger partial charge on any atom is 0.328 e. The SMILES string of the molecule is CCOc1cc(/C=C/C(=O)O)cc(Cl)c1OCc1ccc(Cl)cc1. The minimum absolute atomic E-state index is 0.307. The first kappa shape index (κ1) is 18.2. The van der Waals surface area contributed by atoms with Gasteiger partial charge in [0.15, 0.2) is 11.5 Å². The topological polar surface area (TPSA) is 55.8 Å². The number of carboxylic acids is 1. The van der Waals surface area contributed by atoms with Crippen molar-refractivity contribution in [3.63, 3.8) is 0 Å². The van der Waals surface area contributed by atoms with Crippen LogP contribution in [0.15, 0.2) is 42.5 Å². The third kappa shape index (κ3) is 5.18. The Labute approximate surface area is 150 Å². The molecule has 0 bridgehead atoms. The maximum absolute atomic E-state index is 10.6. The van der Waals surface area contributed by atoms with E-state index in [0.717, 1.165) is 11.6 Å². The number of carboxylic acid groups (broad SMARTS) is 1. The Hall–Kier alpha value is -2.17. The summed E-state index contributed by atoms with van der Waals surface area (Å²) in [5.74, 6) is -0.155. The van der Waals surface area contributed by atoms with E-state index in [-0.39, 0.29) is 0 Å². The lowest BCUT2D eigenvalue weighted by Gasteiger charge is -2.14. The molecule has 0 spiro atoms. The van der Waals surface area contributed by atoms with Crippen molar-refractivity contribution in [1.29, 1.82) is 0 Å². The number of halogens is 2. The van der Waals surface area contributed by atoms with Crippen molar-refractivity contribution in [2.45, 2.75) is 13.5 Å². The van der Waals surface area contributed by atoms with Crippen LogP contribution in [-0.4, -0.2) is 17.7 Å². The fraction of sp³-hybridized carbons (Fsp3) is 0.167. The molecule has 0 atom stereocenters. The molecule has 0 heterocycles. The molecule has 1 N–H and O–H groups in total. The van der Waals surface area contributed by atoms with E-state index in [1.54, 1.807) is 24.3 Å². The first-order valence-electron chi connectivity index (χ1n) is 7.24. The minimum atomic E-state index is -1.04. The largest absolute Gasteiger partial charge is 0.490 e. The number of rotatable bonds is 7. The van der Waals surface area contributed by atoms with Gasteiger partial charge in [-0.2, -0.15) is 0 Å². The van der Waals surface area contributed by atoms with Gasteiger partial charge >= 0.3 is 5.97 Å². The lowest BCUT2D eigenvalue weighted by Crippen LogP contribution is -2.01. The zero-order valence-corrected chi connectivity index (χ0v) is 14.5. The number of aliphatic carboxylic acids is 1. The highest BCUT2D eigenvalue weighted by molar-refractivity contribution is 6.32. The second-order valence-corrected chi connectivity index (χ2v) is 5.69. The van der Waals surface area contributed by atoms with Crippen molar-refractivity contribution in [1.82, 2.24) is 0 Å². The van der Waals surface area contributed by atoms with Gasteiger partial charge in [-0.15, -0.1) is 0 Å². The Morgan fingerprint density at radius 1 is 1.17 bits per heavy atom. The molecule has 24 heavy (non-hydrogen) atoms. The molecular weight excluding hydrogens is 351 g/mol. The van der Waals surface area contributed by atoms with Crippen LogP contribution in [0.4, 0.5) is 0 Å². The monoisotopic (exact) mass is 366 g/mol.